The maximum Gasteiger partial charge on any atom is 0.419 e. The van der Waals surface area contributed by atoms with Crippen molar-refractivity contribution in [3.63, 3.8) is 0 Å². The molecule has 156 valence electrons. The number of nitrogens with zero attached hydrogens (tertiary/aromatic N) is 2. The van der Waals surface area contributed by atoms with E-state index in [2.05, 4.69) is 6.58 Å². The maximum atomic E-state index is 12.7. The third-order valence-corrected chi connectivity index (χ3v) is 5.40. The van der Waals surface area contributed by atoms with Gasteiger partial charge in [-0.05, 0) is 51.2 Å². The van der Waals surface area contributed by atoms with Gasteiger partial charge in [0, 0.05) is 24.5 Å². The number of amides is 1. The number of carbonyl (C=O) groups excluding carboxylic acids is 2. The second kappa shape index (κ2) is 8.41. The van der Waals surface area contributed by atoms with Crippen LogP contribution in [0, 0.1) is 5.92 Å². The molecule has 0 spiro atoms. The molecule has 0 radical (unpaired) electrons. The van der Waals surface area contributed by atoms with Crippen molar-refractivity contribution in [1.82, 2.24) is 9.47 Å². The Morgan fingerprint density at radius 1 is 1.34 bits per heavy atom. The van der Waals surface area contributed by atoms with Crippen molar-refractivity contribution in [3.05, 3.63) is 48.7 Å². The molecule has 1 aromatic heterocycles. The molecule has 0 aliphatic carbocycles. The van der Waals surface area contributed by atoms with E-state index in [0.29, 0.717) is 19.4 Å². The van der Waals surface area contributed by atoms with Crippen LogP contribution in [0.2, 0.25) is 0 Å². The van der Waals surface area contributed by atoms with Crippen LogP contribution in [0.1, 0.15) is 39.2 Å². The van der Waals surface area contributed by atoms with Crippen molar-refractivity contribution in [2.45, 2.75) is 51.7 Å². The number of para-hydroxylation sites is 1. The zero-order chi connectivity index (χ0) is 21.2. The van der Waals surface area contributed by atoms with Crippen LogP contribution in [-0.2, 0) is 16.0 Å². The maximum absolute atomic E-state index is 12.7. The SMILES string of the molecule is C=C[C@@H]1CCC(=O)N(CCc2cn(C(=O)OC(C)(C)C)c3ccccc23)[C@H]1CO. The summed E-state index contributed by atoms with van der Waals surface area (Å²) in [4.78, 5) is 26.9. The Morgan fingerprint density at radius 3 is 2.72 bits per heavy atom. The monoisotopic (exact) mass is 398 g/mol. The highest BCUT2D eigenvalue weighted by molar-refractivity contribution is 5.92. The third-order valence-electron chi connectivity index (χ3n) is 5.40. The third kappa shape index (κ3) is 4.53. The smallest absolute Gasteiger partial charge is 0.419 e. The number of carbonyl (C=O) groups is 2. The Hall–Kier alpha value is -2.60. The quantitative estimate of drug-likeness (QED) is 0.779. The Labute approximate surface area is 171 Å². The van der Waals surface area contributed by atoms with Crippen LogP contribution in [0.15, 0.2) is 43.1 Å². The fraction of sp³-hybridized carbons (Fsp3) is 0.478. The summed E-state index contributed by atoms with van der Waals surface area (Å²) in [5.74, 6) is 0.152. The highest BCUT2D eigenvalue weighted by atomic mass is 16.6. The Morgan fingerprint density at radius 2 is 2.07 bits per heavy atom. The molecule has 0 bridgehead atoms. The molecular formula is C23H30N2O4. The largest absolute Gasteiger partial charge is 0.443 e. The number of aliphatic hydroxyl groups is 1. The number of rotatable bonds is 5. The van der Waals surface area contributed by atoms with Gasteiger partial charge in [0.2, 0.25) is 5.91 Å². The highest BCUT2D eigenvalue weighted by Gasteiger charge is 2.33. The van der Waals surface area contributed by atoms with Crippen molar-refractivity contribution >= 4 is 22.9 Å². The fourth-order valence-corrected chi connectivity index (χ4v) is 3.99. The number of piperidine rings is 1. The van der Waals surface area contributed by atoms with E-state index in [0.717, 1.165) is 22.9 Å². The lowest BCUT2D eigenvalue weighted by Crippen LogP contribution is -2.50. The van der Waals surface area contributed by atoms with Gasteiger partial charge in [-0.3, -0.25) is 9.36 Å². The summed E-state index contributed by atoms with van der Waals surface area (Å²) in [5, 5.41) is 10.8. The number of aliphatic hydroxyl groups excluding tert-OH is 1. The summed E-state index contributed by atoms with van der Waals surface area (Å²) in [6.07, 6.45) is 4.98. The van der Waals surface area contributed by atoms with Crippen LogP contribution in [-0.4, -0.2) is 51.4 Å². The molecule has 1 fully saturated rings. The molecule has 0 saturated carbocycles. The van der Waals surface area contributed by atoms with Crippen molar-refractivity contribution < 1.29 is 19.4 Å². The molecule has 29 heavy (non-hydrogen) atoms. The first-order chi connectivity index (χ1) is 13.7. The van der Waals surface area contributed by atoms with Crippen LogP contribution in [0.5, 0.6) is 0 Å². The van der Waals surface area contributed by atoms with E-state index in [1.165, 1.54) is 4.57 Å². The molecule has 1 aliphatic rings. The van der Waals surface area contributed by atoms with E-state index < -0.39 is 11.7 Å². The van der Waals surface area contributed by atoms with Crippen LogP contribution in [0.4, 0.5) is 4.79 Å². The molecule has 3 rings (SSSR count). The minimum absolute atomic E-state index is 0.0537. The lowest BCUT2D eigenvalue weighted by Gasteiger charge is -2.39. The van der Waals surface area contributed by atoms with E-state index in [1.807, 2.05) is 51.1 Å². The summed E-state index contributed by atoms with van der Waals surface area (Å²) in [7, 11) is 0. The molecule has 1 N–H and O–H groups in total. The number of ether oxygens (including phenoxy) is 1. The second-order valence-electron chi connectivity index (χ2n) is 8.55. The van der Waals surface area contributed by atoms with Gasteiger partial charge in [0.25, 0.3) is 0 Å². The van der Waals surface area contributed by atoms with Crippen LogP contribution >= 0.6 is 0 Å². The topological polar surface area (TPSA) is 71.8 Å². The average molecular weight is 399 g/mol. The molecule has 0 unspecified atom stereocenters. The van der Waals surface area contributed by atoms with Crippen molar-refractivity contribution in [2.24, 2.45) is 5.92 Å². The van der Waals surface area contributed by atoms with Gasteiger partial charge in [-0.25, -0.2) is 4.79 Å². The van der Waals surface area contributed by atoms with Gasteiger partial charge >= 0.3 is 6.09 Å². The highest BCUT2D eigenvalue weighted by Crippen LogP contribution is 2.27. The van der Waals surface area contributed by atoms with Gasteiger partial charge in [0.1, 0.15) is 5.60 Å². The number of benzene rings is 1. The summed E-state index contributed by atoms with van der Waals surface area (Å²) >= 11 is 0. The molecule has 1 aliphatic heterocycles. The molecule has 6 heteroatoms. The second-order valence-corrected chi connectivity index (χ2v) is 8.55. The van der Waals surface area contributed by atoms with E-state index in [-0.39, 0.29) is 24.5 Å². The molecule has 1 amide bonds. The molecule has 2 atom stereocenters. The van der Waals surface area contributed by atoms with Crippen LogP contribution in [0.3, 0.4) is 0 Å². The zero-order valence-corrected chi connectivity index (χ0v) is 17.4. The molecular weight excluding hydrogens is 368 g/mol. The normalized spacial score (nSPS) is 20.1. The van der Waals surface area contributed by atoms with E-state index in [4.69, 9.17) is 4.74 Å². The molecule has 2 aromatic rings. The van der Waals surface area contributed by atoms with Gasteiger partial charge in [-0.15, -0.1) is 6.58 Å². The number of likely N-dealkylation sites (tertiary alicyclic amines) is 1. The number of hydrogen-bond acceptors (Lipinski definition) is 4. The standard InChI is InChI=1S/C23H30N2O4/c1-5-16-10-11-21(27)24(20(16)15-26)13-12-17-14-25(22(28)29-23(2,3)4)19-9-7-6-8-18(17)19/h5-9,14,16,20,26H,1,10-13,15H2,2-4H3/t16-,20+/m1/s1. The van der Waals surface area contributed by atoms with Gasteiger partial charge in [0.05, 0.1) is 18.2 Å². The van der Waals surface area contributed by atoms with E-state index >= 15 is 0 Å². The van der Waals surface area contributed by atoms with E-state index in [9.17, 15) is 14.7 Å². The van der Waals surface area contributed by atoms with Gasteiger partial charge in [0.15, 0.2) is 0 Å². The molecule has 2 heterocycles. The summed E-state index contributed by atoms with van der Waals surface area (Å²) in [6, 6.07) is 7.44. The molecule has 1 aromatic carbocycles. The zero-order valence-electron chi connectivity index (χ0n) is 17.4. The lowest BCUT2D eigenvalue weighted by molar-refractivity contribution is -0.139. The summed E-state index contributed by atoms with van der Waals surface area (Å²) in [5.41, 5.74) is 1.16. The first-order valence-corrected chi connectivity index (χ1v) is 10.1. The van der Waals surface area contributed by atoms with Crippen LogP contribution < -0.4 is 0 Å². The Bertz CT molecular complexity index is 909. The van der Waals surface area contributed by atoms with Crippen molar-refractivity contribution in [3.8, 4) is 0 Å². The van der Waals surface area contributed by atoms with Crippen molar-refractivity contribution in [1.29, 1.82) is 0 Å². The number of hydrogen-bond donors (Lipinski definition) is 1. The minimum atomic E-state index is -0.586. The van der Waals surface area contributed by atoms with Crippen LogP contribution in [0.25, 0.3) is 10.9 Å². The number of aromatic nitrogens is 1. The Kier molecular flexibility index (Phi) is 6.13. The molecule has 1 saturated heterocycles. The Balaban J connectivity index is 1.86. The predicted molar refractivity (Wildman–Crippen MR) is 113 cm³/mol. The number of fused-ring (bicyclic) bond motifs is 1. The van der Waals surface area contributed by atoms with E-state index in [1.54, 1.807) is 11.1 Å². The minimum Gasteiger partial charge on any atom is -0.443 e. The fourth-order valence-electron chi connectivity index (χ4n) is 3.99. The van der Waals surface area contributed by atoms with Gasteiger partial charge < -0.3 is 14.7 Å². The first kappa shape index (κ1) is 21.1. The summed E-state index contributed by atoms with van der Waals surface area (Å²) in [6.45, 7) is 9.76. The molecule has 6 nitrogen and oxygen atoms in total. The average Bonchev–Trinajstić information content (AvgIpc) is 3.04. The summed E-state index contributed by atoms with van der Waals surface area (Å²) < 4.78 is 7.07. The lowest BCUT2D eigenvalue weighted by atomic mass is 9.89. The predicted octanol–water partition coefficient (Wildman–Crippen LogP) is 3.75. The first-order valence-electron chi connectivity index (χ1n) is 10.1. The van der Waals surface area contributed by atoms with Crippen molar-refractivity contribution in [2.75, 3.05) is 13.2 Å². The van der Waals surface area contributed by atoms with Gasteiger partial charge in [-0.2, -0.15) is 0 Å². The van der Waals surface area contributed by atoms with Gasteiger partial charge in [-0.1, -0.05) is 24.3 Å².